The molecule has 3 aromatic rings. The van der Waals surface area contributed by atoms with Crippen molar-refractivity contribution in [3.8, 4) is 0 Å². The van der Waals surface area contributed by atoms with Crippen LogP contribution in [0.25, 0.3) is 0 Å². The van der Waals surface area contributed by atoms with Crippen LogP contribution < -0.4 is 10.0 Å². The minimum atomic E-state index is -3.92. The van der Waals surface area contributed by atoms with Gasteiger partial charge in [0.05, 0.1) is 5.69 Å². The Morgan fingerprint density at radius 3 is 2.52 bits per heavy atom. The van der Waals surface area contributed by atoms with Crippen molar-refractivity contribution in [1.29, 1.82) is 0 Å². The molecule has 2 aromatic carbocycles. The monoisotopic (exact) mass is 420 g/mol. The van der Waals surface area contributed by atoms with Gasteiger partial charge in [0.2, 0.25) is 11.0 Å². The first kappa shape index (κ1) is 19.3. The Bertz CT molecular complexity index is 1040. The fourth-order valence-electron chi connectivity index (χ4n) is 2.02. The van der Waals surface area contributed by atoms with Gasteiger partial charge in [-0.05, 0) is 24.3 Å². The molecule has 0 aliphatic rings. The average molecular weight is 421 g/mol. The highest BCUT2D eigenvalue weighted by Crippen LogP contribution is 2.34. The molecule has 3 rings (SSSR count). The first-order valence-corrected chi connectivity index (χ1v) is 11.1. The van der Waals surface area contributed by atoms with Gasteiger partial charge in [-0.2, -0.15) is 8.42 Å². The molecule has 0 saturated carbocycles. The van der Waals surface area contributed by atoms with Crippen molar-refractivity contribution in [2.75, 3.05) is 10.0 Å². The molecule has 1 aromatic heterocycles. The summed E-state index contributed by atoms with van der Waals surface area (Å²) in [7, 11) is -3.92. The molecule has 7 nitrogen and oxygen atoms in total. The molecule has 0 bridgehead atoms. The molecule has 1 heterocycles. The van der Waals surface area contributed by atoms with Crippen molar-refractivity contribution in [3.05, 3.63) is 54.6 Å². The van der Waals surface area contributed by atoms with Gasteiger partial charge in [0, 0.05) is 16.2 Å². The third kappa shape index (κ3) is 5.06. The number of anilines is 2. The Labute approximate surface area is 165 Å². The third-order valence-electron chi connectivity index (χ3n) is 3.31. The molecule has 140 valence electrons. The van der Waals surface area contributed by atoms with Gasteiger partial charge in [-0.25, -0.2) is 0 Å². The Balaban J connectivity index is 1.81. The van der Waals surface area contributed by atoms with Crippen LogP contribution in [0, 0.1) is 0 Å². The maximum atomic E-state index is 12.6. The van der Waals surface area contributed by atoms with E-state index in [1.54, 1.807) is 19.1 Å². The van der Waals surface area contributed by atoms with Gasteiger partial charge < -0.3 is 5.32 Å². The maximum Gasteiger partial charge on any atom is 0.291 e. The summed E-state index contributed by atoms with van der Waals surface area (Å²) in [5, 5.41) is 10.0. The fourth-order valence-corrected chi connectivity index (χ4v) is 5.01. The number of sulfonamides is 1. The molecule has 10 heteroatoms. The van der Waals surface area contributed by atoms with E-state index in [-0.39, 0.29) is 21.8 Å². The van der Waals surface area contributed by atoms with Gasteiger partial charge in [0.15, 0.2) is 0 Å². The number of carbonyl (C=O) groups is 1. The van der Waals surface area contributed by atoms with E-state index in [1.807, 2.05) is 42.5 Å². The summed E-state index contributed by atoms with van der Waals surface area (Å²) in [6.45, 7) is 1.69. The summed E-state index contributed by atoms with van der Waals surface area (Å²) in [6, 6.07) is 16.8. The van der Waals surface area contributed by atoms with Gasteiger partial charge in [-0.15, -0.1) is 10.2 Å². The van der Waals surface area contributed by atoms with Crippen LogP contribution in [-0.4, -0.2) is 24.5 Å². The Kier molecular flexibility index (Phi) is 6.09. The number of para-hydroxylation sites is 1. The summed E-state index contributed by atoms with van der Waals surface area (Å²) in [4.78, 5) is 13.2. The Morgan fingerprint density at radius 1 is 1.07 bits per heavy atom. The van der Waals surface area contributed by atoms with Crippen LogP contribution in [0.15, 0.2) is 68.7 Å². The van der Waals surface area contributed by atoms with Gasteiger partial charge in [0.25, 0.3) is 14.4 Å². The van der Waals surface area contributed by atoms with Crippen molar-refractivity contribution < 1.29 is 13.2 Å². The fraction of sp³-hybridized carbons (Fsp3) is 0.118. The molecular weight excluding hydrogens is 404 g/mol. The van der Waals surface area contributed by atoms with Crippen molar-refractivity contribution >= 4 is 49.8 Å². The lowest BCUT2D eigenvalue weighted by Crippen LogP contribution is -2.13. The van der Waals surface area contributed by atoms with E-state index in [9.17, 15) is 13.2 Å². The average Bonchev–Trinajstić information content (AvgIpc) is 3.13. The first-order chi connectivity index (χ1) is 13.0. The number of nitrogens with one attached hydrogen (secondary N) is 2. The molecule has 0 radical (unpaired) electrons. The Morgan fingerprint density at radius 2 is 1.78 bits per heavy atom. The molecule has 0 aliphatic heterocycles. The lowest BCUT2D eigenvalue weighted by molar-refractivity contribution is -0.115. The van der Waals surface area contributed by atoms with Gasteiger partial charge >= 0.3 is 0 Å². The SMILES string of the molecule is CCC(=O)Nc1nnc(S(=O)(=O)Nc2ccccc2Sc2ccccc2)s1. The minimum absolute atomic E-state index is 0.147. The predicted molar refractivity (Wildman–Crippen MR) is 107 cm³/mol. The molecule has 0 unspecified atom stereocenters. The normalized spacial score (nSPS) is 11.1. The molecule has 0 atom stereocenters. The summed E-state index contributed by atoms with van der Waals surface area (Å²) < 4.78 is 27.6. The summed E-state index contributed by atoms with van der Waals surface area (Å²) in [5.41, 5.74) is 0.445. The van der Waals surface area contributed by atoms with E-state index in [1.165, 1.54) is 11.8 Å². The second kappa shape index (κ2) is 8.51. The summed E-state index contributed by atoms with van der Waals surface area (Å²) in [5.74, 6) is -0.257. The highest BCUT2D eigenvalue weighted by molar-refractivity contribution is 7.99. The third-order valence-corrected chi connectivity index (χ3v) is 6.96. The molecular formula is C17H16N4O3S3. The molecule has 0 fully saturated rings. The molecule has 1 amide bonds. The van der Waals surface area contributed by atoms with Crippen LogP contribution in [0.5, 0.6) is 0 Å². The molecule has 27 heavy (non-hydrogen) atoms. The van der Waals surface area contributed by atoms with E-state index in [0.717, 1.165) is 21.1 Å². The van der Waals surface area contributed by atoms with Crippen LogP contribution >= 0.6 is 23.1 Å². The highest BCUT2D eigenvalue weighted by Gasteiger charge is 2.22. The van der Waals surface area contributed by atoms with Crippen molar-refractivity contribution in [3.63, 3.8) is 0 Å². The maximum absolute atomic E-state index is 12.6. The first-order valence-electron chi connectivity index (χ1n) is 7.96. The van der Waals surface area contributed by atoms with Gasteiger partial charge in [-0.3, -0.25) is 9.52 Å². The molecule has 0 aliphatic carbocycles. The van der Waals surface area contributed by atoms with Crippen molar-refractivity contribution in [2.24, 2.45) is 0 Å². The zero-order chi connectivity index (χ0) is 19.3. The largest absolute Gasteiger partial charge is 0.301 e. The molecule has 0 spiro atoms. The zero-order valence-corrected chi connectivity index (χ0v) is 16.7. The summed E-state index contributed by atoms with van der Waals surface area (Å²) in [6.07, 6.45) is 0.268. The highest BCUT2D eigenvalue weighted by atomic mass is 32.2. The van der Waals surface area contributed by atoms with E-state index < -0.39 is 10.0 Å². The number of hydrogen-bond donors (Lipinski definition) is 2. The van der Waals surface area contributed by atoms with E-state index in [2.05, 4.69) is 20.2 Å². The second-order valence-electron chi connectivity index (χ2n) is 5.29. The van der Waals surface area contributed by atoms with Gasteiger partial charge in [0.1, 0.15) is 0 Å². The van der Waals surface area contributed by atoms with E-state index in [4.69, 9.17) is 0 Å². The number of hydrogen-bond acceptors (Lipinski definition) is 7. The molecule has 2 N–H and O–H groups in total. The smallest absolute Gasteiger partial charge is 0.291 e. The quantitative estimate of drug-likeness (QED) is 0.563. The number of carbonyl (C=O) groups excluding carboxylic acids is 1. The minimum Gasteiger partial charge on any atom is -0.301 e. The predicted octanol–water partition coefficient (Wildman–Crippen LogP) is 3.84. The number of rotatable bonds is 7. The van der Waals surface area contributed by atoms with E-state index in [0.29, 0.717) is 5.69 Å². The number of aromatic nitrogens is 2. The van der Waals surface area contributed by atoms with Gasteiger partial charge in [-0.1, -0.05) is 60.4 Å². The Hall–Kier alpha value is -2.43. The summed E-state index contributed by atoms with van der Waals surface area (Å²) >= 11 is 2.25. The van der Waals surface area contributed by atoms with Crippen LogP contribution in [0.3, 0.4) is 0 Å². The van der Waals surface area contributed by atoms with Crippen LogP contribution in [0.2, 0.25) is 0 Å². The van der Waals surface area contributed by atoms with Crippen LogP contribution in [0.1, 0.15) is 13.3 Å². The standard InChI is InChI=1S/C17H16N4O3S3/c1-2-15(22)18-16-19-20-17(26-16)27(23,24)21-13-10-6-7-11-14(13)25-12-8-4-3-5-9-12/h3-11,21H,2H2,1H3,(H,18,19,22). The number of amides is 1. The molecule has 0 saturated heterocycles. The van der Waals surface area contributed by atoms with E-state index >= 15 is 0 Å². The lowest BCUT2D eigenvalue weighted by atomic mass is 10.3. The van der Waals surface area contributed by atoms with Crippen molar-refractivity contribution in [1.82, 2.24) is 10.2 Å². The van der Waals surface area contributed by atoms with Crippen LogP contribution in [0.4, 0.5) is 10.8 Å². The van der Waals surface area contributed by atoms with Crippen LogP contribution in [-0.2, 0) is 14.8 Å². The number of benzene rings is 2. The topological polar surface area (TPSA) is 101 Å². The zero-order valence-electron chi connectivity index (χ0n) is 14.2. The number of nitrogens with zero attached hydrogens (tertiary/aromatic N) is 2. The second-order valence-corrected chi connectivity index (χ2v) is 9.24. The lowest BCUT2D eigenvalue weighted by Gasteiger charge is -2.10. The van der Waals surface area contributed by atoms with Crippen molar-refractivity contribution in [2.45, 2.75) is 27.5 Å².